The van der Waals surface area contributed by atoms with E-state index in [-0.39, 0.29) is 0 Å². The van der Waals surface area contributed by atoms with E-state index in [1.54, 1.807) is 0 Å². The molecule has 0 N–H and O–H groups in total. The van der Waals surface area contributed by atoms with Crippen LogP contribution in [-0.2, 0) is 4.74 Å². The van der Waals surface area contributed by atoms with Gasteiger partial charge in [0.25, 0.3) is 0 Å². The van der Waals surface area contributed by atoms with E-state index in [2.05, 4.69) is 24.8 Å². The van der Waals surface area contributed by atoms with Gasteiger partial charge in [-0.1, -0.05) is 24.8 Å². The molecule has 3 heteroatoms. The number of carbonyl (C=O) groups excluding carboxylic acids is 1. The van der Waals surface area contributed by atoms with Crippen LogP contribution in [0, 0.1) is 17.8 Å². The van der Waals surface area contributed by atoms with E-state index in [1.807, 2.05) is 0 Å². The predicted molar refractivity (Wildman–Crippen MR) is 58.4 cm³/mol. The van der Waals surface area contributed by atoms with Gasteiger partial charge in [0, 0.05) is 0 Å². The van der Waals surface area contributed by atoms with E-state index < -0.39 is 5.30 Å². The molecule has 0 bridgehead atoms. The first kappa shape index (κ1) is 10.1. The Hall–Kier alpha value is -0.440. The average Bonchev–Trinajstić information content (AvgIpc) is 2.72. The zero-order chi connectivity index (χ0) is 9.97. The number of hydrogen-bond donors (Lipinski definition) is 1. The van der Waals surface area contributed by atoms with Crippen molar-refractivity contribution >= 4 is 17.9 Å². The smallest absolute Gasteiger partial charge is 0.364 e. The van der Waals surface area contributed by atoms with Crippen molar-refractivity contribution in [3.8, 4) is 0 Å². The standard InChI is InChI=1S/C11H16O2S/c12-11(14)13-7-10-8-5-3-1-2-4-6-9(8)10/h1-2,8-10H,3-7H2,(H,12,14). The molecular formula is C11H16O2S. The molecule has 0 aromatic heterocycles. The van der Waals surface area contributed by atoms with E-state index in [0.29, 0.717) is 12.5 Å². The summed E-state index contributed by atoms with van der Waals surface area (Å²) < 4.78 is 4.94. The molecule has 0 saturated heterocycles. The highest BCUT2D eigenvalue weighted by Crippen LogP contribution is 2.52. The van der Waals surface area contributed by atoms with Crippen molar-refractivity contribution in [3.05, 3.63) is 12.2 Å². The third-order valence-corrected chi connectivity index (χ3v) is 3.54. The Labute approximate surface area is 90.1 Å². The topological polar surface area (TPSA) is 26.3 Å². The van der Waals surface area contributed by atoms with Crippen LogP contribution in [0.15, 0.2) is 12.2 Å². The van der Waals surface area contributed by atoms with Crippen LogP contribution in [0.4, 0.5) is 4.79 Å². The normalized spacial score (nSPS) is 35.4. The number of thiol groups is 1. The number of carbonyl (C=O) groups is 1. The van der Waals surface area contributed by atoms with E-state index in [4.69, 9.17) is 4.74 Å². The summed E-state index contributed by atoms with van der Waals surface area (Å²) >= 11 is 3.60. The van der Waals surface area contributed by atoms with Gasteiger partial charge >= 0.3 is 5.30 Å². The molecule has 2 atom stereocenters. The average molecular weight is 212 g/mol. The molecule has 0 spiro atoms. The van der Waals surface area contributed by atoms with Crippen molar-refractivity contribution in [2.75, 3.05) is 6.61 Å². The Bertz CT molecular complexity index is 234. The molecule has 0 amide bonds. The minimum Gasteiger partial charge on any atom is -0.457 e. The van der Waals surface area contributed by atoms with Gasteiger partial charge in [0.1, 0.15) is 0 Å². The molecule has 2 nitrogen and oxygen atoms in total. The Morgan fingerprint density at radius 3 is 2.36 bits per heavy atom. The quantitative estimate of drug-likeness (QED) is 0.432. The van der Waals surface area contributed by atoms with E-state index in [0.717, 1.165) is 11.8 Å². The van der Waals surface area contributed by atoms with Crippen molar-refractivity contribution in [2.24, 2.45) is 17.8 Å². The van der Waals surface area contributed by atoms with Gasteiger partial charge in [-0.05, 0) is 43.4 Å². The number of hydrogen-bond acceptors (Lipinski definition) is 2. The summed E-state index contributed by atoms with van der Waals surface area (Å²) in [7, 11) is 0. The number of allylic oxidation sites excluding steroid dienone is 2. The van der Waals surface area contributed by atoms with Crippen LogP contribution in [0.2, 0.25) is 0 Å². The summed E-state index contributed by atoms with van der Waals surface area (Å²) in [6.07, 6.45) is 9.44. The van der Waals surface area contributed by atoms with Crippen LogP contribution in [-0.4, -0.2) is 11.9 Å². The van der Waals surface area contributed by atoms with Gasteiger partial charge in [0.2, 0.25) is 0 Å². The molecule has 0 aliphatic heterocycles. The number of ether oxygens (including phenoxy) is 1. The van der Waals surface area contributed by atoms with Crippen LogP contribution >= 0.6 is 12.6 Å². The molecule has 0 radical (unpaired) electrons. The van der Waals surface area contributed by atoms with Crippen molar-refractivity contribution in [1.29, 1.82) is 0 Å². The second-order valence-corrected chi connectivity index (χ2v) is 4.56. The van der Waals surface area contributed by atoms with Gasteiger partial charge in [0.05, 0.1) is 6.61 Å². The molecule has 1 saturated carbocycles. The summed E-state index contributed by atoms with van der Waals surface area (Å²) in [6.45, 7) is 0.581. The van der Waals surface area contributed by atoms with Gasteiger partial charge in [-0.3, -0.25) is 0 Å². The van der Waals surface area contributed by atoms with Crippen LogP contribution in [0.3, 0.4) is 0 Å². The second kappa shape index (κ2) is 4.39. The molecule has 1 fully saturated rings. The molecule has 0 aromatic carbocycles. The minimum absolute atomic E-state index is 0.442. The van der Waals surface area contributed by atoms with E-state index >= 15 is 0 Å². The van der Waals surface area contributed by atoms with E-state index in [1.165, 1.54) is 25.7 Å². The number of fused-ring (bicyclic) bond motifs is 1. The Kier molecular flexibility index (Phi) is 3.16. The molecule has 14 heavy (non-hydrogen) atoms. The Morgan fingerprint density at radius 2 is 1.86 bits per heavy atom. The lowest BCUT2D eigenvalue weighted by molar-refractivity contribution is 0.166. The lowest BCUT2D eigenvalue weighted by Gasteiger charge is -1.99. The molecule has 2 aliphatic rings. The zero-order valence-electron chi connectivity index (χ0n) is 8.19. The Morgan fingerprint density at radius 1 is 1.29 bits per heavy atom. The van der Waals surface area contributed by atoms with Crippen molar-refractivity contribution in [2.45, 2.75) is 25.7 Å². The second-order valence-electron chi connectivity index (χ2n) is 4.19. The molecular weight excluding hydrogens is 196 g/mol. The summed E-state index contributed by atoms with van der Waals surface area (Å²) in [5.74, 6) is 2.21. The molecule has 2 rings (SSSR count). The van der Waals surface area contributed by atoms with Gasteiger partial charge in [-0.2, -0.15) is 0 Å². The highest BCUT2D eigenvalue weighted by atomic mass is 32.1. The van der Waals surface area contributed by atoms with Crippen molar-refractivity contribution < 1.29 is 9.53 Å². The zero-order valence-corrected chi connectivity index (χ0v) is 9.08. The SMILES string of the molecule is O=C(S)OCC1C2CCC=CCCC21. The van der Waals surface area contributed by atoms with Gasteiger partial charge in [0.15, 0.2) is 0 Å². The maximum atomic E-state index is 10.5. The highest BCUT2D eigenvalue weighted by Gasteiger charge is 2.48. The Balaban J connectivity index is 1.78. The maximum absolute atomic E-state index is 10.5. The van der Waals surface area contributed by atoms with Crippen LogP contribution in [0.25, 0.3) is 0 Å². The minimum atomic E-state index is -0.442. The molecule has 0 heterocycles. The first-order valence-electron chi connectivity index (χ1n) is 5.30. The summed E-state index contributed by atoms with van der Waals surface area (Å²) in [5.41, 5.74) is 0. The van der Waals surface area contributed by atoms with Crippen molar-refractivity contribution in [1.82, 2.24) is 0 Å². The largest absolute Gasteiger partial charge is 0.457 e. The first-order valence-corrected chi connectivity index (χ1v) is 5.74. The van der Waals surface area contributed by atoms with Crippen LogP contribution < -0.4 is 0 Å². The third-order valence-electron chi connectivity index (χ3n) is 3.41. The van der Waals surface area contributed by atoms with Crippen LogP contribution in [0.5, 0.6) is 0 Å². The summed E-state index contributed by atoms with van der Waals surface area (Å²) in [4.78, 5) is 10.5. The molecule has 2 aliphatic carbocycles. The maximum Gasteiger partial charge on any atom is 0.364 e. The van der Waals surface area contributed by atoms with Crippen LogP contribution in [0.1, 0.15) is 25.7 Å². The van der Waals surface area contributed by atoms with Gasteiger partial charge in [-0.25, -0.2) is 4.79 Å². The summed E-state index contributed by atoms with van der Waals surface area (Å²) in [6, 6.07) is 0. The van der Waals surface area contributed by atoms with Gasteiger partial charge < -0.3 is 4.74 Å². The fourth-order valence-electron chi connectivity index (χ4n) is 2.61. The fraction of sp³-hybridized carbons (Fsp3) is 0.727. The molecule has 0 aromatic rings. The lowest BCUT2D eigenvalue weighted by atomic mass is 10.1. The predicted octanol–water partition coefficient (Wildman–Crippen LogP) is 3.05. The monoisotopic (exact) mass is 212 g/mol. The lowest BCUT2D eigenvalue weighted by Crippen LogP contribution is -2.00. The number of rotatable bonds is 2. The molecule has 78 valence electrons. The fourth-order valence-corrected chi connectivity index (χ4v) is 2.68. The first-order chi connectivity index (χ1) is 6.79. The summed E-state index contributed by atoms with van der Waals surface area (Å²) in [5, 5.41) is -0.442. The third kappa shape index (κ3) is 2.32. The van der Waals surface area contributed by atoms with Gasteiger partial charge in [-0.15, -0.1) is 0 Å². The highest BCUT2D eigenvalue weighted by molar-refractivity contribution is 7.96. The molecule has 2 unspecified atom stereocenters. The van der Waals surface area contributed by atoms with E-state index in [9.17, 15) is 4.79 Å². The van der Waals surface area contributed by atoms with Crippen molar-refractivity contribution in [3.63, 3.8) is 0 Å².